The maximum absolute atomic E-state index is 14.6. The molecular weight excluding hydrogens is 433 g/mol. The predicted octanol–water partition coefficient (Wildman–Crippen LogP) is 5.33. The summed E-state index contributed by atoms with van der Waals surface area (Å²) in [6.45, 7) is 1.54. The van der Waals surface area contributed by atoms with Gasteiger partial charge in [-0.3, -0.25) is 4.79 Å². The van der Waals surface area contributed by atoms with Crippen LogP contribution in [0.3, 0.4) is 0 Å². The number of halogens is 3. The van der Waals surface area contributed by atoms with Gasteiger partial charge in [0.25, 0.3) is 0 Å². The van der Waals surface area contributed by atoms with Gasteiger partial charge in [0, 0.05) is 43.2 Å². The van der Waals surface area contributed by atoms with Crippen molar-refractivity contribution in [1.29, 1.82) is 0 Å². The molecule has 0 fully saturated rings. The molecule has 0 saturated heterocycles. The molecule has 0 spiro atoms. The maximum Gasteiger partial charge on any atom is 0.195 e. The average molecular weight is 456 g/mol. The number of nitrogens with zero attached hydrogens (tertiary/aromatic N) is 2. The highest BCUT2D eigenvalue weighted by Gasteiger charge is 2.17. The van der Waals surface area contributed by atoms with E-state index in [1.54, 1.807) is 18.6 Å². The van der Waals surface area contributed by atoms with Crippen molar-refractivity contribution in [3.63, 3.8) is 0 Å². The number of aryl methyl sites for hydroxylation is 1. The Hall–Kier alpha value is -3.75. The normalized spacial score (nSPS) is 11.2. The topological polar surface area (TPSA) is 86.1 Å². The van der Waals surface area contributed by atoms with E-state index in [1.165, 1.54) is 12.1 Å². The summed E-state index contributed by atoms with van der Waals surface area (Å²) in [7, 11) is 0. The first-order chi connectivity index (χ1) is 15.9. The number of nitrogens with two attached hydrogens (primary N) is 1. The smallest absolute Gasteiger partial charge is 0.195 e. The second kappa shape index (κ2) is 9.81. The third kappa shape index (κ3) is 5.02. The van der Waals surface area contributed by atoms with Crippen LogP contribution in [0.1, 0.15) is 25.7 Å². The Bertz CT molecular complexity index is 1320. The van der Waals surface area contributed by atoms with E-state index in [9.17, 15) is 18.0 Å². The monoisotopic (exact) mass is 456 g/mol. The molecule has 0 unspecified atom stereocenters. The zero-order valence-electron chi connectivity index (χ0n) is 17.8. The lowest BCUT2D eigenvalue weighted by atomic mass is 10.1. The van der Waals surface area contributed by atoms with Gasteiger partial charge in [0.05, 0.1) is 23.1 Å². The number of benzene rings is 2. The van der Waals surface area contributed by atoms with Gasteiger partial charge in [-0.05, 0) is 31.0 Å². The SMILES string of the molecule is Nc1c(F)cc(F)c2oc(-c3ccc(NCCCCCCn4ccnc4)c(F)c3)cc(=O)c12. The van der Waals surface area contributed by atoms with E-state index in [0.29, 0.717) is 18.3 Å². The second-order valence-electron chi connectivity index (χ2n) is 7.77. The highest BCUT2D eigenvalue weighted by atomic mass is 19.1. The summed E-state index contributed by atoms with van der Waals surface area (Å²) in [6.07, 6.45) is 9.50. The number of hydrogen-bond donors (Lipinski definition) is 2. The van der Waals surface area contributed by atoms with Crippen LogP contribution in [0.15, 0.2) is 58.3 Å². The van der Waals surface area contributed by atoms with Crippen LogP contribution in [-0.4, -0.2) is 16.1 Å². The molecule has 0 amide bonds. The van der Waals surface area contributed by atoms with E-state index < -0.39 is 34.2 Å². The summed E-state index contributed by atoms with van der Waals surface area (Å²) in [6, 6.07) is 5.88. The van der Waals surface area contributed by atoms with Gasteiger partial charge in [-0.1, -0.05) is 12.8 Å². The van der Waals surface area contributed by atoms with Crippen molar-refractivity contribution < 1.29 is 17.6 Å². The summed E-state index contributed by atoms with van der Waals surface area (Å²) in [5.41, 5.74) is 4.46. The van der Waals surface area contributed by atoms with Crippen LogP contribution in [0.5, 0.6) is 0 Å². The van der Waals surface area contributed by atoms with Gasteiger partial charge >= 0.3 is 0 Å². The van der Waals surface area contributed by atoms with Crippen molar-refractivity contribution in [2.75, 3.05) is 17.6 Å². The Labute approximate surface area is 187 Å². The summed E-state index contributed by atoms with van der Waals surface area (Å²) in [5.74, 6) is -2.67. The average Bonchev–Trinajstić information content (AvgIpc) is 3.31. The fraction of sp³-hybridized carbons (Fsp3) is 0.250. The van der Waals surface area contributed by atoms with Crippen LogP contribution in [0, 0.1) is 17.5 Å². The summed E-state index contributed by atoms with van der Waals surface area (Å²) < 4.78 is 49.9. The Morgan fingerprint density at radius 2 is 1.82 bits per heavy atom. The zero-order valence-corrected chi connectivity index (χ0v) is 17.8. The quantitative estimate of drug-likeness (QED) is 0.263. The molecule has 6 nitrogen and oxygen atoms in total. The molecule has 172 valence electrons. The first kappa shape index (κ1) is 22.4. The summed E-state index contributed by atoms with van der Waals surface area (Å²) in [5, 5.41) is 2.68. The van der Waals surface area contributed by atoms with Crippen LogP contribution in [0.25, 0.3) is 22.3 Å². The molecule has 4 aromatic rings. The number of nitrogens with one attached hydrogen (secondary N) is 1. The van der Waals surface area contributed by atoms with E-state index in [1.807, 2.05) is 10.8 Å². The number of aromatic nitrogens is 2. The van der Waals surface area contributed by atoms with Gasteiger partial charge in [0.2, 0.25) is 0 Å². The minimum Gasteiger partial charge on any atom is -0.453 e. The lowest BCUT2D eigenvalue weighted by Crippen LogP contribution is -2.07. The largest absolute Gasteiger partial charge is 0.453 e. The van der Waals surface area contributed by atoms with Crippen LogP contribution < -0.4 is 16.5 Å². The fourth-order valence-corrected chi connectivity index (χ4v) is 3.66. The Morgan fingerprint density at radius 1 is 1.00 bits per heavy atom. The van der Waals surface area contributed by atoms with E-state index in [0.717, 1.165) is 38.3 Å². The molecule has 0 aliphatic rings. The lowest BCUT2D eigenvalue weighted by molar-refractivity contribution is 0.546. The Kier molecular flexibility index (Phi) is 6.67. The van der Waals surface area contributed by atoms with Crippen molar-refractivity contribution >= 4 is 22.3 Å². The third-order valence-electron chi connectivity index (χ3n) is 5.42. The highest BCUT2D eigenvalue weighted by molar-refractivity contribution is 5.90. The van der Waals surface area contributed by atoms with Crippen molar-refractivity contribution in [1.82, 2.24) is 9.55 Å². The molecule has 2 heterocycles. The molecular formula is C24H23F3N4O2. The highest BCUT2D eigenvalue weighted by Crippen LogP contribution is 2.30. The standard InChI is InChI=1S/C24H23F3N4O2/c25-16-11-15(21-13-20(32)22-23(28)17(26)12-18(27)24(22)33-21)5-6-19(16)30-7-3-1-2-4-9-31-10-8-29-14-31/h5-6,8,10-14,30H,1-4,7,9,28H2. The number of nitrogen functional groups attached to an aromatic ring is 1. The minimum absolute atomic E-state index is 0.0410. The second-order valence-corrected chi connectivity index (χ2v) is 7.77. The molecule has 3 N–H and O–H groups in total. The Morgan fingerprint density at radius 3 is 2.58 bits per heavy atom. The van der Waals surface area contributed by atoms with Gasteiger partial charge in [0.1, 0.15) is 17.4 Å². The molecule has 0 bridgehead atoms. The molecule has 0 atom stereocenters. The molecule has 0 saturated carbocycles. The number of rotatable bonds is 9. The molecule has 33 heavy (non-hydrogen) atoms. The lowest BCUT2D eigenvalue weighted by Gasteiger charge is -2.10. The van der Waals surface area contributed by atoms with E-state index in [2.05, 4.69) is 10.3 Å². The van der Waals surface area contributed by atoms with Crippen LogP contribution in [0.4, 0.5) is 24.5 Å². The first-order valence-corrected chi connectivity index (χ1v) is 10.6. The molecule has 2 aromatic carbocycles. The zero-order chi connectivity index (χ0) is 23.4. The van der Waals surface area contributed by atoms with Crippen LogP contribution in [0.2, 0.25) is 0 Å². The minimum atomic E-state index is -1.06. The molecule has 9 heteroatoms. The number of fused-ring (bicyclic) bond motifs is 1. The van der Waals surface area contributed by atoms with Crippen molar-refractivity contribution in [2.45, 2.75) is 32.2 Å². The molecule has 0 aliphatic carbocycles. The van der Waals surface area contributed by atoms with E-state index in [4.69, 9.17) is 10.2 Å². The fourth-order valence-electron chi connectivity index (χ4n) is 3.66. The Balaban J connectivity index is 1.38. The van der Waals surface area contributed by atoms with Crippen LogP contribution >= 0.6 is 0 Å². The number of anilines is 2. The first-order valence-electron chi connectivity index (χ1n) is 10.6. The van der Waals surface area contributed by atoms with Gasteiger partial charge in [0.15, 0.2) is 16.8 Å². The van der Waals surface area contributed by atoms with Crippen molar-refractivity contribution in [2.24, 2.45) is 0 Å². The number of imidazole rings is 1. The maximum atomic E-state index is 14.6. The summed E-state index contributed by atoms with van der Waals surface area (Å²) in [4.78, 5) is 16.4. The molecule has 4 rings (SSSR count). The number of hydrogen-bond acceptors (Lipinski definition) is 5. The van der Waals surface area contributed by atoms with Crippen molar-refractivity contribution in [3.05, 3.63) is 76.7 Å². The van der Waals surface area contributed by atoms with Crippen molar-refractivity contribution in [3.8, 4) is 11.3 Å². The number of unbranched alkanes of at least 4 members (excludes halogenated alkanes) is 3. The molecule has 0 aliphatic heterocycles. The van der Waals surface area contributed by atoms with E-state index >= 15 is 0 Å². The van der Waals surface area contributed by atoms with Gasteiger partial charge in [-0.2, -0.15) is 0 Å². The predicted molar refractivity (Wildman–Crippen MR) is 121 cm³/mol. The third-order valence-corrected chi connectivity index (χ3v) is 5.42. The van der Waals surface area contributed by atoms with Gasteiger partial charge in [-0.15, -0.1) is 0 Å². The van der Waals surface area contributed by atoms with Gasteiger partial charge in [-0.25, -0.2) is 18.2 Å². The molecule has 0 radical (unpaired) electrons. The van der Waals surface area contributed by atoms with Crippen LogP contribution in [-0.2, 0) is 6.54 Å². The summed E-state index contributed by atoms with van der Waals surface area (Å²) >= 11 is 0. The van der Waals surface area contributed by atoms with Gasteiger partial charge < -0.3 is 20.0 Å². The van der Waals surface area contributed by atoms with E-state index in [-0.39, 0.29) is 16.7 Å². The molecule has 2 aromatic heterocycles.